The van der Waals surface area contributed by atoms with Crippen molar-refractivity contribution in [3.05, 3.63) is 52.6 Å². The fourth-order valence-electron chi connectivity index (χ4n) is 2.28. The third-order valence-corrected chi connectivity index (χ3v) is 4.79. The molecule has 0 unspecified atom stereocenters. The van der Waals surface area contributed by atoms with Gasteiger partial charge in [-0.15, -0.1) is 0 Å². The Bertz CT molecular complexity index is 757. The molecule has 0 saturated heterocycles. The fourth-order valence-corrected chi connectivity index (χ4v) is 3.07. The molecule has 0 saturated carbocycles. The number of amidine groups is 1. The zero-order valence-corrected chi connectivity index (χ0v) is 15.7. The highest BCUT2D eigenvalue weighted by Crippen LogP contribution is 2.32. The van der Waals surface area contributed by atoms with Gasteiger partial charge in [0.1, 0.15) is 0 Å². The lowest BCUT2D eigenvalue weighted by atomic mass is 10.1. The number of hydrogen-bond donors (Lipinski definition) is 1. The number of ether oxygens (including phenoxy) is 2. The number of benzene rings is 2. The van der Waals surface area contributed by atoms with E-state index in [1.165, 1.54) is 22.9 Å². The summed E-state index contributed by atoms with van der Waals surface area (Å²) in [4.78, 5) is 4.48. The van der Waals surface area contributed by atoms with Crippen molar-refractivity contribution in [2.24, 2.45) is 10.7 Å². The molecular formula is C19H24N2O2S. The van der Waals surface area contributed by atoms with Gasteiger partial charge < -0.3 is 15.2 Å². The van der Waals surface area contributed by atoms with Gasteiger partial charge >= 0.3 is 0 Å². The van der Waals surface area contributed by atoms with Gasteiger partial charge in [0, 0.05) is 5.75 Å². The molecule has 0 fully saturated rings. The van der Waals surface area contributed by atoms with E-state index >= 15 is 0 Å². The SMILES string of the molecule is COc1cc(C)c(CSC(N)=Nc2ccc(C)c(C)c2)cc1OC. The van der Waals surface area contributed by atoms with Crippen molar-refractivity contribution in [1.29, 1.82) is 0 Å². The first-order chi connectivity index (χ1) is 11.4. The molecule has 4 nitrogen and oxygen atoms in total. The summed E-state index contributed by atoms with van der Waals surface area (Å²) in [7, 11) is 3.28. The van der Waals surface area contributed by atoms with Crippen LogP contribution >= 0.6 is 11.8 Å². The maximum absolute atomic E-state index is 6.08. The predicted molar refractivity (Wildman–Crippen MR) is 103 cm³/mol. The summed E-state index contributed by atoms with van der Waals surface area (Å²) in [5.41, 5.74) is 11.7. The lowest BCUT2D eigenvalue weighted by Gasteiger charge is -2.12. The monoisotopic (exact) mass is 344 g/mol. The second-order valence-electron chi connectivity index (χ2n) is 5.64. The van der Waals surface area contributed by atoms with Crippen LogP contribution in [0.3, 0.4) is 0 Å². The van der Waals surface area contributed by atoms with E-state index in [4.69, 9.17) is 15.2 Å². The highest BCUT2D eigenvalue weighted by atomic mass is 32.2. The van der Waals surface area contributed by atoms with E-state index in [1.807, 2.05) is 24.3 Å². The molecule has 2 N–H and O–H groups in total. The first kappa shape index (κ1) is 18.2. The quantitative estimate of drug-likeness (QED) is 0.640. The van der Waals surface area contributed by atoms with Gasteiger partial charge in [-0.2, -0.15) is 0 Å². The van der Waals surface area contributed by atoms with Crippen LogP contribution in [0, 0.1) is 20.8 Å². The third kappa shape index (κ3) is 4.45. The fraction of sp³-hybridized carbons (Fsp3) is 0.316. The molecule has 24 heavy (non-hydrogen) atoms. The van der Waals surface area contributed by atoms with E-state index in [9.17, 15) is 0 Å². The molecule has 2 rings (SSSR count). The van der Waals surface area contributed by atoms with Crippen LogP contribution in [0.1, 0.15) is 22.3 Å². The number of nitrogens with two attached hydrogens (primary N) is 1. The molecule has 0 heterocycles. The number of aryl methyl sites for hydroxylation is 3. The van der Waals surface area contributed by atoms with Gasteiger partial charge in [0.05, 0.1) is 19.9 Å². The van der Waals surface area contributed by atoms with Crippen molar-refractivity contribution in [1.82, 2.24) is 0 Å². The van der Waals surface area contributed by atoms with Gasteiger partial charge in [-0.05, 0) is 67.3 Å². The molecule has 0 radical (unpaired) electrons. The number of hydrogen-bond acceptors (Lipinski definition) is 4. The Morgan fingerprint density at radius 2 is 1.62 bits per heavy atom. The van der Waals surface area contributed by atoms with E-state index in [2.05, 4.69) is 31.8 Å². The Kier molecular flexibility index (Phi) is 6.15. The molecule has 0 aliphatic carbocycles. The predicted octanol–water partition coefficient (Wildman–Crippen LogP) is 4.51. The zero-order chi connectivity index (χ0) is 17.7. The number of aliphatic imine (C=N–C) groups is 1. The summed E-state index contributed by atoms with van der Waals surface area (Å²) >= 11 is 1.51. The minimum Gasteiger partial charge on any atom is -0.493 e. The van der Waals surface area contributed by atoms with Gasteiger partial charge in [-0.25, -0.2) is 4.99 Å². The van der Waals surface area contributed by atoms with E-state index in [0.717, 1.165) is 34.1 Å². The largest absolute Gasteiger partial charge is 0.493 e. The van der Waals surface area contributed by atoms with Crippen LogP contribution in [0.25, 0.3) is 0 Å². The van der Waals surface area contributed by atoms with Crippen LogP contribution in [0.5, 0.6) is 11.5 Å². The molecule has 0 spiro atoms. The minimum atomic E-state index is 0.549. The maximum Gasteiger partial charge on any atom is 0.161 e. The van der Waals surface area contributed by atoms with Crippen LogP contribution in [-0.4, -0.2) is 19.4 Å². The highest BCUT2D eigenvalue weighted by molar-refractivity contribution is 8.13. The summed E-state index contributed by atoms with van der Waals surface area (Å²) < 4.78 is 10.7. The molecule has 2 aromatic carbocycles. The summed E-state index contributed by atoms with van der Waals surface area (Å²) in [6.45, 7) is 6.21. The molecule has 0 bridgehead atoms. The number of thioether (sulfide) groups is 1. The second kappa shape index (κ2) is 8.11. The lowest BCUT2D eigenvalue weighted by molar-refractivity contribution is 0.354. The Balaban J connectivity index is 2.12. The van der Waals surface area contributed by atoms with Crippen molar-refractivity contribution in [2.45, 2.75) is 26.5 Å². The Hall–Kier alpha value is -2.14. The Morgan fingerprint density at radius 1 is 0.958 bits per heavy atom. The molecule has 0 aliphatic rings. The number of rotatable bonds is 5. The Labute approximate surface area is 148 Å². The second-order valence-corrected chi connectivity index (χ2v) is 6.64. The Morgan fingerprint density at radius 3 is 2.25 bits per heavy atom. The normalized spacial score (nSPS) is 11.5. The van der Waals surface area contributed by atoms with Crippen molar-refractivity contribution in [3.63, 3.8) is 0 Å². The standard InChI is InChI=1S/C19H24N2O2S/c1-12-6-7-16(8-13(12)2)21-19(20)24-11-15-10-18(23-5)17(22-4)9-14(15)3/h6-10H,11H2,1-5H3,(H2,20,21). The van der Waals surface area contributed by atoms with E-state index in [-0.39, 0.29) is 0 Å². The topological polar surface area (TPSA) is 56.8 Å². The van der Waals surface area contributed by atoms with Crippen LogP contribution in [0.2, 0.25) is 0 Å². The van der Waals surface area contributed by atoms with Crippen LogP contribution in [0.4, 0.5) is 5.69 Å². The summed E-state index contributed by atoms with van der Waals surface area (Å²) in [6.07, 6.45) is 0. The molecule has 128 valence electrons. The zero-order valence-electron chi connectivity index (χ0n) is 14.8. The molecule has 0 aromatic heterocycles. The molecule has 0 aliphatic heterocycles. The highest BCUT2D eigenvalue weighted by Gasteiger charge is 2.09. The maximum atomic E-state index is 6.08. The molecule has 0 amide bonds. The lowest BCUT2D eigenvalue weighted by Crippen LogP contribution is -2.06. The summed E-state index contributed by atoms with van der Waals surface area (Å²) in [5, 5.41) is 0.549. The number of methoxy groups -OCH3 is 2. The molecule has 2 aromatic rings. The smallest absolute Gasteiger partial charge is 0.161 e. The average Bonchev–Trinajstić information content (AvgIpc) is 2.56. The minimum absolute atomic E-state index is 0.549. The van der Waals surface area contributed by atoms with Gasteiger partial charge in [0.25, 0.3) is 0 Å². The van der Waals surface area contributed by atoms with Crippen molar-refractivity contribution in [3.8, 4) is 11.5 Å². The first-order valence-electron chi connectivity index (χ1n) is 7.70. The summed E-state index contributed by atoms with van der Waals surface area (Å²) in [5.74, 6) is 2.19. The van der Waals surface area contributed by atoms with E-state index < -0.39 is 0 Å². The third-order valence-electron chi connectivity index (χ3n) is 3.95. The van der Waals surface area contributed by atoms with Crippen LogP contribution < -0.4 is 15.2 Å². The van der Waals surface area contributed by atoms with Gasteiger partial charge in [0.2, 0.25) is 0 Å². The van der Waals surface area contributed by atoms with Crippen molar-refractivity contribution < 1.29 is 9.47 Å². The van der Waals surface area contributed by atoms with Crippen LogP contribution in [0.15, 0.2) is 35.3 Å². The van der Waals surface area contributed by atoms with Gasteiger partial charge in [-0.3, -0.25) is 0 Å². The first-order valence-corrected chi connectivity index (χ1v) is 8.69. The molecule has 5 heteroatoms. The molecule has 0 atom stereocenters. The molecular weight excluding hydrogens is 320 g/mol. The van der Waals surface area contributed by atoms with Gasteiger partial charge in [-0.1, -0.05) is 17.8 Å². The van der Waals surface area contributed by atoms with E-state index in [1.54, 1.807) is 14.2 Å². The van der Waals surface area contributed by atoms with E-state index in [0.29, 0.717) is 5.17 Å². The van der Waals surface area contributed by atoms with Crippen LogP contribution in [-0.2, 0) is 5.75 Å². The van der Waals surface area contributed by atoms with Crippen molar-refractivity contribution in [2.75, 3.05) is 14.2 Å². The average molecular weight is 344 g/mol. The van der Waals surface area contributed by atoms with Crippen molar-refractivity contribution >= 4 is 22.6 Å². The number of nitrogens with zero attached hydrogens (tertiary/aromatic N) is 1. The van der Waals surface area contributed by atoms with Gasteiger partial charge in [0.15, 0.2) is 16.7 Å². The summed E-state index contributed by atoms with van der Waals surface area (Å²) in [6, 6.07) is 10.1.